The molecule has 0 spiro atoms. The van der Waals surface area contributed by atoms with Crippen LogP contribution in [-0.2, 0) is 4.79 Å². The molecule has 0 aliphatic rings. The smallest absolute Gasteiger partial charge is 0.290 e. The maximum atomic E-state index is 8.36. The molecule has 92 valence electrons. The number of hydrogen-bond acceptors (Lipinski definition) is 3. The molecule has 1 aromatic heterocycles. The second-order valence-corrected chi connectivity index (χ2v) is 3.62. The van der Waals surface area contributed by atoms with Crippen LogP contribution >= 0.6 is 11.3 Å². The van der Waals surface area contributed by atoms with Gasteiger partial charge in [0.05, 0.1) is 0 Å². The summed E-state index contributed by atoms with van der Waals surface area (Å²) in [4.78, 5) is 12.8. The Labute approximate surface area is 106 Å². The summed E-state index contributed by atoms with van der Waals surface area (Å²) in [6.45, 7) is 5.77. The summed E-state index contributed by atoms with van der Waals surface area (Å²) in [5, 5.41) is 10.1. The van der Waals surface area contributed by atoms with Crippen molar-refractivity contribution in [3.63, 3.8) is 0 Å². The maximum absolute atomic E-state index is 8.36. The van der Waals surface area contributed by atoms with E-state index in [1.807, 2.05) is 39.0 Å². The molecule has 0 bridgehead atoms. The van der Waals surface area contributed by atoms with Gasteiger partial charge < -0.3 is 5.11 Å². The van der Waals surface area contributed by atoms with E-state index in [9.17, 15) is 0 Å². The van der Waals surface area contributed by atoms with E-state index in [1.54, 1.807) is 11.3 Å². The van der Waals surface area contributed by atoms with E-state index in [0.717, 1.165) is 10.7 Å². The third kappa shape index (κ3) is 5.82. The molecule has 0 radical (unpaired) electrons. The van der Waals surface area contributed by atoms with Gasteiger partial charge in [-0.1, -0.05) is 44.2 Å². The SMILES string of the molecule is CC.Cc1csc(-c2ccccc2)n1.O=CO. The fourth-order valence-corrected chi connectivity index (χ4v) is 1.87. The Balaban J connectivity index is 0.000000450. The maximum Gasteiger partial charge on any atom is 0.290 e. The van der Waals surface area contributed by atoms with Crippen LogP contribution in [0.2, 0.25) is 0 Å². The Morgan fingerprint density at radius 1 is 1.24 bits per heavy atom. The molecule has 0 amide bonds. The molecule has 3 nitrogen and oxygen atoms in total. The zero-order valence-corrected chi connectivity index (χ0v) is 11.1. The summed E-state index contributed by atoms with van der Waals surface area (Å²) < 4.78 is 0. The van der Waals surface area contributed by atoms with Crippen LogP contribution in [0.3, 0.4) is 0 Å². The fourth-order valence-electron chi connectivity index (χ4n) is 1.07. The first kappa shape index (κ1) is 15.3. The lowest BCUT2D eigenvalue weighted by Crippen LogP contribution is -1.74. The highest BCUT2D eigenvalue weighted by molar-refractivity contribution is 7.13. The number of nitrogens with zero attached hydrogens (tertiary/aromatic N) is 1. The van der Waals surface area contributed by atoms with E-state index < -0.39 is 0 Å². The largest absolute Gasteiger partial charge is 0.483 e. The highest BCUT2D eigenvalue weighted by atomic mass is 32.1. The molecular formula is C13H17NO2S. The Morgan fingerprint density at radius 3 is 2.18 bits per heavy atom. The van der Waals surface area contributed by atoms with Gasteiger partial charge in [-0.05, 0) is 6.92 Å². The van der Waals surface area contributed by atoms with E-state index in [1.165, 1.54) is 5.56 Å². The molecule has 0 saturated heterocycles. The molecule has 1 N–H and O–H groups in total. The van der Waals surface area contributed by atoms with Gasteiger partial charge in [0.1, 0.15) is 5.01 Å². The van der Waals surface area contributed by atoms with Crippen molar-refractivity contribution in [1.82, 2.24) is 4.98 Å². The van der Waals surface area contributed by atoms with E-state index >= 15 is 0 Å². The average molecular weight is 251 g/mol. The number of benzene rings is 1. The summed E-state index contributed by atoms with van der Waals surface area (Å²) in [6.07, 6.45) is 0. The van der Waals surface area contributed by atoms with Gasteiger partial charge in [0, 0.05) is 16.6 Å². The van der Waals surface area contributed by atoms with E-state index in [0.29, 0.717) is 0 Å². The van der Waals surface area contributed by atoms with Gasteiger partial charge in [-0.15, -0.1) is 11.3 Å². The Kier molecular flexibility index (Phi) is 8.60. The molecule has 0 atom stereocenters. The summed E-state index contributed by atoms with van der Waals surface area (Å²) in [5.74, 6) is 0. The molecule has 0 saturated carbocycles. The van der Waals surface area contributed by atoms with E-state index in [4.69, 9.17) is 9.90 Å². The van der Waals surface area contributed by atoms with E-state index in [-0.39, 0.29) is 6.47 Å². The first-order chi connectivity index (χ1) is 8.27. The van der Waals surface area contributed by atoms with Crippen LogP contribution in [-0.4, -0.2) is 16.6 Å². The first-order valence-electron chi connectivity index (χ1n) is 5.33. The van der Waals surface area contributed by atoms with Gasteiger partial charge in [-0.2, -0.15) is 0 Å². The third-order valence-corrected chi connectivity index (χ3v) is 2.65. The molecule has 0 aliphatic carbocycles. The summed E-state index contributed by atoms with van der Waals surface area (Å²) in [7, 11) is 0. The van der Waals surface area contributed by atoms with Crippen molar-refractivity contribution in [3.8, 4) is 10.6 Å². The highest BCUT2D eigenvalue weighted by Crippen LogP contribution is 2.22. The molecule has 1 heterocycles. The zero-order valence-electron chi connectivity index (χ0n) is 10.3. The van der Waals surface area contributed by atoms with Crippen LogP contribution in [0.1, 0.15) is 19.5 Å². The number of carbonyl (C=O) groups is 1. The molecule has 4 heteroatoms. The number of thiazole rings is 1. The number of hydrogen-bond donors (Lipinski definition) is 1. The summed E-state index contributed by atoms with van der Waals surface area (Å²) >= 11 is 1.69. The van der Waals surface area contributed by atoms with Gasteiger partial charge in [-0.3, -0.25) is 4.79 Å². The van der Waals surface area contributed by atoms with Crippen molar-refractivity contribution >= 4 is 17.8 Å². The van der Waals surface area contributed by atoms with Crippen LogP contribution in [0.25, 0.3) is 10.6 Å². The van der Waals surface area contributed by atoms with Crippen LogP contribution in [0.15, 0.2) is 35.7 Å². The third-order valence-electron chi connectivity index (χ3n) is 1.64. The van der Waals surface area contributed by atoms with Crippen molar-refractivity contribution in [1.29, 1.82) is 0 Å². The van der Waals surface area contributed by atoms with Crippen molar-refractivity contribution < 1.29 is 9.90 Å². The normalized spacial score (nSPS) is 8.18. The fraction of sp³-hybridized carbons (Fsp3) is 0.231. The topological polar surface area (TPSA) is 50.2 Å². The standard InChI is InChI=1S/C10H9NS.C2H6.CH2O2/c1-8-7-12-10(11-8)9-5-3-2-4-6-9;1-2;2-1-3/h2-7H,1H3;1-2H3;1H,(H,2,3). The minimum absolute atomic E-state index is 0.250. The lowest BCUT2D eigenvalue weighted by Gasteiger charge is -1.92. The zero-order chi connectivity index (χ0) is 13.1. The quantitative estimate of drug-likeness (QED) is 0.783. The molecule has 2 rings (SSSR count). The molecule has 0 unspecified atom stereocenters. The van der Waals surface area contributed by atoms with Crippen LogP contribution in [0.4, 0.5) is 0 Å². The van der Waals surface area contributed by atoms with Crippen LogP contribution < -0.4 is 0 Å². The second kappa shape index (κ2) is 9.54. The van der Waals surface area contributed by atoms with Crippen molar-refractivity contribution in [2.45, 2.75) is 20.8 Å². The number of aromatic nitrogens is 1. The van der Waals surface area contributed by atoms with Crippen LogP contribution in [0, 0.1) is 6.92 Å². The highest BCUT2D eigenvalue weighted by Gasteiger charge is 1.99. The van der Waals surface area contributed by atoms with Gasteiger partial charge in [0.15, 0.2) is 0 Å². The molecule has 2 aromatic rings. The van der Waals surface area contributed by atoms with Gasteiger partial charge in [0.25, 0.3) is 6.47 Å². The predicted octanol–water partition coefficient (Wildman–Crippen LogP) is 3.85. The lowest BCUT2D eigenvalue weighted by molar-refractivity contribution is -0.122. The molecule has 0 fully saturated rings. The van der Waals surface area contributed by atoms with E-state index in [2.05, 4.69) is 22.5 Å². The average Bonchev–Trinajstić information content (AvgIpc) is 2.81. The van der Waals surface area contributed by atoms with Gasteiger partial charge in [0.2, 0.25) is 0 Å². The minimum Gasteiger partial charge on any atom is -0.483 e. The molecule has 17 heavy (non-hydrogen) atoms. The summed E-state index contributed by atoms with van der Waals surface area (Å²) in [6, 6.07) is 10.2. The Bertz CT molecular complexity index is 412. The number of rotatable bonds is 1. The van der Waals surface area contributed by atoms with Gasteiger partial charge >= 0.3 is 0 Å². The monoisotopic (exact) mass is 251 g/mol. The number of carboxylic acid groups (broad SMARTS) is 1. The lowest BCUT2D eigenvalue weighted by atomic mass is 10.2. The summed E-state index contributed by atoms with van der Waals surface area (Å²) in [5.41, 5.74) is 2.30. The van der Waals surface area contributed by atoms with Crippen molar-refractivity contribution in [2.75, 3.05) is 0 Å². The predicted molar refractivity (Wildman–Crippen MR) is 72.3 cm³/mol. The van der Waals surface area contributed by atoms with Crippen molar-refractivity contribution in [3.05, 3.63) is 41.4 Å². The van der Waals surface area contributed by atoms with Crippen molar-refractivity contribution in [2.24, 2.45) is 0 Å². The molecule has 1 aromatic carbocycles. The van der Waals surface area contributed by atoms with Crippen LogP contribution in [0.5, 0.6) is 0 Å². The van der Waals surface area contributed by atoms with Gasteiger partial charge in [-0.25, -0.2) is 4.98 Å². The minimum atomic E-state index is -0.250. The molecular weight excluding hydrogens is 234 g/mol. The molecule has 0 aliphatic heterocycles. The Hall–Kier alpha value is -1.68. The Morgan fingerprint density at radius 2 is 1.76 bits per heavy atom. The number of aryl methyl sites for hydroxylation is 1. The first-order valence-corrected chi connectivity index (χ1v) is 6.21. The second-order valence-electron chi connectivity index (χ2n) is 2.77.